The van der Waals surface area contributed by atoms with Crippen molar-refractivity contribution in [3.63, 3.8) is 0 Å². The van der Waals surface area contributed by atoms with E-state index < -0.39 is 11.5 Å². The molecule has 1 aliphatic rings. The Morgan fingerprint density at radius 1 is 1.21 bits per heavy atom. The van der Waals surface area contributed by atoms with Gasteiger partial charge in [-0.15, -0.1) is 10.2 Å². The van der Waals surface area contributed by atoms with Crippen molar-refractivity contribution in [2.75, 3.05) is 25.5 Å². The number of aryl methyl sites for hydroxylation is 1. The van der Waals surface area contributed by atoms with Crippen molar-refractivity contribution in [3.8, 4) is 0 Å². The van der Waals surface area contributed by atoms with Crippen LogP contribution in [0.3, 0.4) is 0 Å². The smallest absolute Gasteiger partial charge is 0.234 e. The van der Waals surface area contributed by atoms with Gasteiger partial charge < -0.3 is 20.9 Å². The van der Waals surface area contributed by atoms with Gasteiger partial charge in [0.2, 0.25) is 28.8 Å². The first kappa shape index (κ1) is 21.7. The van der Waals surface area contributed by atoms with E-state index in [1.54, 1.807) is 27.8 Å². The second-order valence-electron chi connectivity index (χ2n) is 7.43. The molecule has 3 N–H and O–H groups in total. The number of likely N-dealkylation sites (tertiary alicyclic amines) is 1. The van der Waals surface area contributed by atoms with Crippen LogP contribution in [0.5, 0.6) is 0 Å². The Balaban J connectivity index is 1.71. The van der Waals surface area contributed by atoms with Gasteiger partial charge in [-0.25, -0.2) is 0 Å². The van der Waals surface area contributed by atoms with Crippen LogP contribution in [0.2, 0.25) is 0 Å². The van der Waals surface area contributed by atoms with E-state index >= 15 is 0 Å². The van der Waals surface area contributed by atoms with Crippen LogP contribution < -0.4 is 16.0 Å². The monoisotopic (exact) mass is 410 g/mol. The molecule has 1 atom stereocenters. The second-order valence-corrected chi connectivity index (χ2v) is 8.61. The molecule has 154 valence electrons. The first-order chi connectivity index (χ1) is 13.1. The predicted molar refractivity (Wildman–Crippen MR) is 103 cm³/mol. The summed E-state index contributed by atoms with van der Waals surface area (Å²) in [5.74, 6) is -1.80. The Morgan fingerprint density at radius 2 is 1.89 bits per heavy atom. The highest BCUT2D eigenvalue weighted by molar-refractivity contribution is 7.15. The Bertz CT molecular complexity index is 763. The van der Waals surface area contributed by atoms with Crippen LogP contribution in [0.1, 0.15) is 38.1 Å². The fraction of sp³-hybridized carbons (Fsp3) is 0.647. The summed E-state index contributed by atoms with van der Waals surface area (Å²) in [6.45, 7) is 6.05. The zero-order valence-electron chi connectivity index (χ0n) is 16.5. The van der Waals surface area contributed by atoms with Gasteiger partial charge in [-0.3, -0.25) is 19.2 Å². The van der Waals surface area contributed by atoms with E-state index in [0.717, 1.165) is 5.01 Å². The maximum atomic E-state index is 12.2. The summed E-state index contributed by atoms with van der Waals surface area (Å²) >= 11 is 1.26. The molecule has 11 heteroatoms. The van der Waals surface area contributed by atoms with Gasteiger partial charge in [-0.2, -0.15) is 0 Å². The molecule has 0 aliphatic carbocycles. The number of hydrogen-bond acceptors (Lipinski definition) is 7. The Labute approximate surface area is 167 Å². The average molecular weight is 411 g/mol. The summed E-state index contributed by atoms with van der Waals surface area (Å²) < 4.78 is 0. The Hall–Kier alpha value is -2.56. The third-order valence-corrected chi connectivity index (χ3v) is 5.03. The second kappa shape index (κ2) is 9.09. The molecule has 2 heterocycles. The van der Waals surface area contributed by atoms with Gasteiger partial charge >= 0.3 is 0 Å². The van der Waals surface area contributed by atoms with E-state index in [1.807, 2.05) is 0 Å². The fourth-order valence-electron chi connectivity index (χ4n) is 2.74. The summed E-state index contributed by atoms with van der Waals surface area (Å²) in [6, 6.07) is 0. The summed E-state index contributed by atoms with van der Waals surface area (Å²) in [6.07, 6.45) is 0.514. The van der Waals surface area contributed by atoms with Gasteiger partial charge in [-0.05, 0) is 27.2 Å². The first-order valence-corrected chi connectivity index (χ1v) is 9.83. The van der Waals surface area contributed by atoms with E-state index in [1.165, 1.54) is 16.2 Å². The standard InChI is InChI=1S/C17H26N6O4S/c1-10-21-22-16(28-10)19-12(24)5-6-13(25)20-17(2,3)9-18-14(26)11-7-8-23(4)15(11)27/h11H,5-9H2,1-4H3,(H,18,26)(H,20,25)(H,19,22,24). The first-order valence-electron chi connectivity index (χ1n) is 9.01. The maximum Gasteiger partial charge on any atom is 0.234 e. The quantitative estimate of drug-likeness (QED) is 0.519. The number of amides is 4. The van der Waals surface area contributed by atoms with Crippen molar-refractivity contribution in [3.05, 3.63) is 5.01 Å². The molecule has 1 saturated heterocycles. The number of carbonyl (C=O) groups is 4. The van der Waals surface area contributed by atoms with Gasteiger partial charge in [0.05, 0.1) is 5.54 Å². The predicted octanol–water partition coefficient (Wildman–Crippen LogP) is 0.0545. The van der Waals surface area contributed by atoms with Crippen LogP contribution >= 0.6 is 11.3 Å². The lowest BCUT2D eigenvalue weighted by atomic mass is 10.0. The van der Waals surface area contributed by atoms with Crippen molar-refractivity contribution in [2.45, 2.75) is 45.6 Å². The number of hydrogen-bond donors (Lipinski definition) is 3. The zero-order valence-corrected chi connectivity index (χ0v) is 17.3. The third-order valence-electron chi connectivity index (χ3n) is 4.28. The lowest BCUT2D eigenvalue weighted by Crippen LogP contribution is -2.52. The van der Waals surface area contributed by atoms with E-state index in [4.69, 9.17) is 0 Å². The summed E-state index contributed by atoms with van der Waals surface area (Å²) in [4.78, 5) is 49.6. The molecule has 2 rings (SSSR count). The van der Waals surface area contributed by atoms with E-state index in [0.29, 0.717) is 18.1 Å². The summed E-state index contributed by atoms with van der Waals surface area (Å²) in [5, 5.41) is 16.8. The number of aromatic nitrogens is 2. The lowest BCUT2D eigenvalue weighted by molar-refractivity contribution is -0.137. The molecular weight excluding hydrogens is 384 g/mol. The number of nitrogens with zero attached hydrogens (tertiary/aromatic N) is 3. The van der Waals surface area contributed by atoms with Crippen molar-refractivity contribution in [1.82, 2.24) is 25.7 Å². The summed E-state index contributed by atoms with van der Waals surface area (Å²) in [7, 11) is 1.67. The van der Waals surface area contributed by atoms with Gasteiger partial charge in [0.25, 0.3) is 0 Å². The third kappa shape index (κ3) is 6.25. The molecule has 28 heavy (non-hydrogen) atoms. The van der Waals surface area contributed by atoms with Crippen LogP contribution in [-0.2, 0) is 19.2 Å². The minimum absolute atomic E-state index is 0.00685. The molecule has 1 fully saturated rings. The molecule has 4 amide bonds. The molecule has 1 aromatic heterocycles. The van der Waals surface area contributed by atoms with Crippen molar-refractivity contribution >= 4 is 40.1 Å². The van der Waals surface area contributed by atoms with E-state index in [-0.39, 0.29) is 43.0 Å². The maximum absolute atomic E-state index is 12.2. The molecule has 1 aromatic rings. The van der Waals surface area contributed by atoms with E-state index in [9.17, 15) is 19.2 Å². The highest BCUT2D eigenvalue weighted by Gasteiger charge is 2.35. The van der Waals surface area contributed by atoms with Crippen LogP contribution in [0.15, 0.2) is 0 Å². The largest absolute Gasteiger partial charge is 0.353 e. The molecule has 0 radical (unpaired) electrons. The van der Waals surface area contributed by atoms with Gasteiger partial charge in [-0.1, -0.05) is 11.3 Å². The molecule has 1 aliphatic heterocycles. The molecule has 1 unspecified atom stereocenters. The number of rotatable bonds is 8. The van der Waals surface area contributed by atoms with Gasteiger partial charge in [0, 0.05) is 33.0 Å². The minimum Gasteiger partial charge on any atom is -0.353 e. The van der Waals surface area contributed by atoms with Gasteiger partial charge in [0.1, 0.15) is 10.9 Å². The van der Waals surface area contributed by atoms with Crippen molar-refractivity contribution < 1.29 is 19.2 Å². The number of anilines is 1. The fourth-order valence-corrected chi connectivity index (χ4v) is 3.34. The molecule has 0 spiro atoms. The lowest BCUT2D eigenvalue weighted by Gasteiger charge is -2.27. The molecule has 0 bridgehead atoms. The molecular formula is C17H26N6O4S. The van der Waals surface area contributed by atoms with Crippen molar-refractivity contribution in [1.29, 1.82) is 0 Å². The van der Waals surface area contributed by atoms with Crippen LogP contribution in [0.4, 0.5) is 5.13 Å². The Morgan fingerprint density at radius 3 is 2.46 bits per heavy atom. The normalized spacial score (nSPS) is 16.8. The SMILES string of the molecule is Cc1nnc(NC(=O)CCC(=O)NC(C)(C)CNC(=O)C2CCN(C)C2=O)s1. The highest BCUT2D eigenvalue weighted by Crippen LogP contribution is 2.17. The number of nitrogens with one attached hydrogen (secondary N) is 3. The topological polar surface area (TPSA) is 133 Å². The van der Waals surface area contributed by atoms with Gasteiger partial charge in [0.15, 0.2) is 0 Å². The molecule has 0 saturated carbocycles. The Kier molecular flexibility index (Phi) is 7.05. The minimum atomic E-state index is -0.715. The van der Waals surface area contributed by atoms with E-state index in [2.05, 4.69) is 26.1 Å². The number of carbonyl (C=O) groups excluding carboxylic acids is 4. The van der Waals surface area contributed by atoms with Crippen molar-refractivity contribution in [2.24, 2.45) is 5.92 Å². The zero-order chi connectivity index (χ0) is 20.9. The molecule has 10 nitrogen and oxygen atoms in total. The van der Waals surface area contributed by atoms with Crippen LogP contribution in [-0.4, -0.2) is 64.4 Å². The molecule has 0 aromatic carbocycles. The van der Waals surface area contributed by atoms with Crippen LogP contribution in [0.25, 0.3) is 0 Å². The highest BCUT2D eigenvalue weighted by atomic mass is 32.1. The average Bonchev–Trinajstić information content (AvgIpc) is 3.16. The van der Waals surface area contributed by atoms with Crippen LogP contribution in [0, 0.1) is 12.8 Å². The summed E-state index contributed by atoms with van der Waals surface area (Å²) in [5.41, 5.74) is -0.715.